The Hall–Kier alpha value is -3.58. The molecule has 3 amide bonds. The number of nitrogens with one attached hydrogen (secondary N) is 3. The predicted octanol–water partition coefficient (Wildman–Crippen LogP) is -1.82. The van der Waals surface area contributed by atoms with E-state index >= 15 is 0 Å². The van der Waals surface area contributed by atoms with Crippen LogP contribution in [0.3, 0.4) is 0 Å². The Morgan fingerprint density at radius 1 is 0.882 bits per heavy atom. The van der Waals surface area contributed by atoms with Gasteiger partial charge in [0, 0.05) is 13.1 Å². The van der Waals surface area contributed by atoms with Crippen LogP contribution in [0.25, 0.3) is 0 Å². The van der Waals surface area contributed by atoms with E-state index in [4.69, 9.17) is 27.7 Å². The summed E-state index contributed by atoms with van der Waals surface area (Å²) < 4.78 is 5.20. The lowest BCUT2D eigenvalue weighted by atomic mass is 10.1. The van der Waals surface area contributed by atoms with Crippen LogP contribution in [0.4, 0.5) is 4.79 Å². The zero-order chi connectivity index (χ0) is 26.3. The van der Waals surface area contributed by atoms with Crippen LogP contribution in [-0.2, 0) is 19.1 Å². The molecular formula is C20H39N9O5. The van der Waals surface area contributed by atoms with Crippen molar-refractivity contribution in [3.05, 3.63) is 0 Å². The summed E-state index contributed by atoms with van der Waals surface area (Å²) in [5, 5.41) is 7.57. The molecule has 0 unspecified atom stereocenters. The lowest BCUT2D eigenvalue weighted by Gasteiger charge is -2.24. The van der Waals surface area contributed by atoms with E-state index in [2.05, 4.69) is 25.9 Å². The molecule has 0 aliphatic carbocycles. The van der Waals surface area contributed by atoms with Crippen LogP contribution in [0.5, 0.6) is 0 Å². The van der Waals surface area contributed by atoms with Crippen molar-refractivity contribution in [3.63, 3.8) is 0 Å². The third-order valence-corrected chi connectivity index (χ3v) is 4.16. The number of carbonyl (C=O) groups excluding carboxylic acids is 4. The van der Waals surface area contributed by atoms with Crippen LogP contribution < -0.4 is 38.9 Å². The maximum absolute atomic E-state index is 12.8. The first-order chi connectivity index (χ1) is 15.7. The van der Waals surface area contributed by atoms with Gasteiger partial charge in [0.05, 0.1) is 6.04 Å². The van der Waals surface area contributed by atoms with Crippen LogP contribution in [0.1, 0.15) is 53.4 Å². The van der Waals surface area contributed by atoms with E-state index in [1.807, 2.05) is 0 Å². The molecule has 0 aliphatic rings. The molecule has 0 spiro atoms. The minimum absolute atomic E-state index is 0.0594. The first kappa shape index (κ1) is 30.4. The highest BCUT2D eigenvalue weighted by Crippen LogP contribution is 2.08. The van der Waals surface area contributed by atoms with Crippen molar-refractivity contribution in [1.82, 2.24) is 16.0 Å². The molecule has 0 fully saturated rings. The highest BCUT2D eigenvalue weighted by atomic mass is 16.6. The number of guanidine groups is 2. The minimum atomic E-state index is -0.999. The molecule has 0 saturated carbocycles. The number of alkyl carbamates (subject to hydrolysis) is 1. The minimum Gasteiger partial charge on any atom is -0.444 e. The smallest absolute Gasteiger partial charge is 0.408 e. The van der Waals surface area contributed by atoms with Gasteiger partial charge in [0.2, 0.25) is 11.8 Å². The zero-order valence-electron chi connectivity index (χ0n) is 20.3. The number of aldehydes is 1. The molecule has 14 heteroatoms. The van der Waals surface area contributed by atoms with E-state index in [0.29, 0.717) is 32.1 Å². The van der Waals surface area contributed by atoms with Crippen molar-refractivity contribution in [2.45, 2.75) is 77.1 Å². The van der Waals surface area contributed by atoms with E-state index < -0.39 is 41.6 Å². The molecule has 11 N–H and O–H groups in total. The number of ether oxygens (including phenoxy) is 1. The number of aliphatic imine (C=N–C) groups is 2. The van der Waals surface area contributed by atoms with Crippen LogP contribution in [0, 0.1) is 0 Å². The predicted molar refractivity (Wildman–Crippen MR) is 129 cm³/mol. The summed E-state index contributed by atoms with van der Waals surface area (Å²) in [6.07, 6.45) is 1.18. The third-order valence-electron chi connectivity index (χ3n) is 4.16. The number of rotatable bonds is 14. The van der Waals surface area contributed by atoms with Gasteiger partial charge in [0.1, 0.15) is 24.0 Å². The van der Waals surface area contributed by atoms with Crippen molar-refractivity contribution in [1.29, 1.82) is 0 Å². The number of nitrogens with two attached hydrogens (primary N) is 4. The Labute approximate surface area is 199 Å². The molecule has 0 aromatic carbocycles. The fraction of sp³-hybridized carbons (Fsp3) is 0.700. The number of amides is 3. The quantitative estimate of drug-likeness (QED) is 0.0632. The average molecular weight is 486 g/mol. The van der Waals surface area contributed by atoms with Gasteiger partial charge < -0.3 is 48.4 Å². The Balaban J connectivity index is 4.99. The molecule has 34 heavy (non-hydrogen) atoms. The van der Waals surface area contributed by atoms with Crippen LogP contribution in [0.15, 0.2) is 9.98 Å². The van der Waals surface area contributed by atoms with E-state index in [1.54, 1.807) is 20.8 Å². The zero-order valence-corrected chi connectivity index (χ0v) is 20.3. The van der Waals surface area contributed by atoms with Crippen LogP contribution in [0.2, 0.25) is 0 Å². The average Bonchev–Trinajstić information content (AvgIpc) is 2.70. The fourth-order valence-corrected chi connectivity index (χ4v) is 2.60. The topological polar surface area (TPSA) is 242 Å². The second kappa shape index (κ2) is 15.3. The fourth-order valence-electron chi connectivity index (χ4n) is 2.60. The molecule has 0 radical (unpaired) electrons. The first-order valence-electron chi connectivity index (χ1n) is 10.9. The van der Waals surface area contributed by atoms with Gasteiger partial charge in [-0.2, -0.15) is 0 Å². The molecule has 14 nitrogen and oxygen atoms in total. The largest absolute Gasteiger partial charge is 0.444 e. The van der Waals surface area contributed by atoms with Gasteiger partial charge in [-0.3, -0.25) is 19.6 Å². The molecule has 0 rings (SSSR count). The summed E-state index contributed by atoms with van der Waals surface area (Å²) in [5.74, 6) is -1.32. The van der Waals surface area contributed by atoms with Crippen molar-refractivity contribution in [3.8, 4) is 0 Å². The molecular weight excluding hydrogens is 446 g/mol. The van der Waals surface area contributed by atoms with Crippen LogP contribution >= 0.6 is 0 Å². The molecule has 0 aliphatic heterocycles. The lowest BCUT2D eigenvalue weighted by Crippen LogP contribution is -2.54. The number of hydrogen-bond acceptors (Lipinski definition) is 7. The highest BCUT2D eigenvalue weighted by Gasteiger charge is 2.27. The summed E-state index contributed by atoms with van der Waals surface area (Å²) >= 11 is 0. The third kappa shape index (κ3) is 15.3. The second-order valence-corrected chi connectivity index (χ2v) is 8.58. The number of nitrogens with zero attached hydrogens (tertiary/aromatic N) is 2. The van der Waals surface area contributed by atoms with Gasteiger partial charge in [0.15, 0.2) is 11.9 Å². The molecule has 194 valence electrons. The molecule has 0 bridgehead atoms. The van der Waals surface area contributed by atoms with Crippen molar-refractivity contribution in [2.75, 3.05) is 13.1 Å². The summed E-state index contributed by atoms with van der Waals surface area (Å²) in [6.45, 7) is 7.08. The van der Waals surface area contributed by atoms with Crippen LogP contribution in [-0.4, -0.2) is 72.9 Å². The van der Waals surface area contributed by atoms with E-state index in [0.717, 1.165) is 0 Å². The van der Waals surface area contributed by atoms with Gasteiger partial charge in [0.25, 0.3) is 0 Å². The maximum atomic E-state index is 12.8. The second-order valence-electron chi connectivity index (χ2n) is 8.58. The van der Waals surface area contributed by atoms with Gasteiger partial charge in [-0.25, -0.2) is 4.79 Å². The SMILES string of the molecule is C[C@@H](NC(=O)[C@@H](CCCN=C(N)N)NC(=O)OC(C)(C)C)C(=O)N[C@H](C=O)CCCN=C(N)N. The van der Waals surface area contributed by atoms with Gasteiger partial charge >= 0.3 is 6.09 Å². The highest BCUT2D eigenvalue weighted by molar-refractivity contribution is 5.91. The number of hydrogen-bond donors (Lipinski definition) is 7. The maximum Gasteiger partial charge on any atom is 0.408 e. The molecule has 0 aromatic rings. The Morgan fingerprint density at radius 3 is 1.88 bits per heavy atom. The van der Waals surface area contributed by atoms with Gasteiger partial charge in [-0.15, -0.1) is 0 Å². The molecule has 0 heterocycles. The standard InChI is InChI=1S/C20H39N9O5/c1-12(15(31)28-13(11-30)7-5-9-25-17(21)22)27-16(32)14(8-6-10-26-18(23)24)29-19(33)34-20(2,3)4/h11-14H,5-10H2,1-4H3,(H,27,32)(H,28,31)(H,29,33)(H4,21,22,25)(H4,23,24,26)/t12-,13+,14-/m1/s1. The molecule has 0 saturated heterocycles. The van der Waals surface area contributed by atoms with Crippen molar-refractivity contribution in [2.24, 2.45) is 32.9 Å². The van der Waals surface area contributed by atoms with Crippen molar-refractivity contribution >= 4 is 36.1 Å². The summed E-state index contributed by atoms with van der Waals surface area (Å²) in [6, 6.07) is -2.75. The van der Waals surface area contributed by atoms with Crippen molar-refractivity contribution < 1.29 is 23.9 Å². The van der Waals surface area contributed by atoms with E-state index in [9.17, 15) is 19.2 Å². The summed E-state index contributed by atoms with van der Waals surface area (Å²) in [4.78, 5) is 56.3. The Morgan fingerprint density at radius 2 is 1.41 bits per heavy atom. The lowest BCUT2D eigenvalue weighted by molar-refractivity contribution is -0.130. The monoisotopic (exact) mass is 485 g/mol. The van der Waals surface area contributed by atoms with Gasteiger partial charge in [-0.05, 0) is 53.4 Å². The van der Waals surface area contributed by atoms with E-state index in [1.165, 1.54) is 6.92 Å². The van der Waals surface area contributed by atoms with Gasteiger partial charge in [-0.1, -0.05) is 0 Å². The first-order valence-corrected chi connectivity index (χ1v) is 10.9. The molecule has 3 atom stereocenters. The number of carbonyl (C=O) groups is 4. The normalized spacial score (nSPS) is 13.4. The summed E-state index contributed by atoms with van der Waals surface area (Å²) in [5.41, 5.74) is 20.3. The Bertz CT molecular complexity index is 741. The molecule has 0 aromatic heterocycles. The Kier molecular flexibility index (Phi) is 13.7. The van der Waals surface area contributed by atoms with E-state index in [-0.39, 0.29) is 24.9 Å². The summed E-state index contributed by atoms with van der Waals surface area (Å²) in [7, 11) is 0.